The minimum absolute atomic E-state index is 0.131. The van der Waals surface area contributed by atoms with E-state index in [2.05, 4.69) is 36.5 Å². The second-order valence-electron chi connectivity index (χ2n) is 6.45. The number of aromatic nitrogens is 2. The van der Waals surface area contributed by atoms with Gasteiger partial charge in [0.05, 0.1) is 22.5 Å². The summed E-state index contributed by atoms with van der Waals surface area (Å²) in [6.07, 6.45) is 2.88. The van der Waals surface area contributed by atoms with Gasteiger partial charge in [-0.05, 0) is 53.5 Å². The number of carbonyl (C=O) groups is 1. The predicted molar refractivity (Wildman–Crippen MR) is 85.5 cm³/mol. The molecule has 0 radical (unpaired) electrons. The molecule has 1 atom stereocenters. The zero-order chi connectivity index (χ0) is 15.6. The number of carbonyl (C=O) groups excluding carboxylic acids is 1. The topological polar surface area (TPSA) is 59.0 Å². The fourth-order valence-electron chi connectivity index (χ4n) is 3.22. The number of nitrogens with zero attached hydrogens (tertiary/aromatic N) is 2. The summed E-state index contributed by atoms with van der Waals surface area (Å²) in [6.45, 7) is 12.1. The van der Waals surface area contributed by atoms with Crippen molar-refractivity contribution in [2.45, 2.75) is 59.9 Å². The highest BCUT2D eigenvalue weighted by molar-refractivity contribution is 5.96. The Hall–Kier alpha value is -1.36. The summed E-state index contributed by atoms with van der Waals surface area (Å²) >= 11 is 0. The number of rotatable bonds is 4. The lowest BCUT2D eigenvalue weighted by Crippen LogP contribution is -2.47. The molecule has 0 spiro atoms. The number of hydrogen-bond donors (Lipinski definition) is 2. The van der Waals surface area contributed by atoms with Crippen LogP contribution in [0.5, 0.6) is 0 Å². The number of anilines is 1. The number of nitrogens with one attached hydrogen (secondary N) is 2. The first-order valence-corrected chi connectivity index (χ1v) is 7.99. The van der Waals surface area contributed by atoms with Gasteiger partial charge in [-0.15, -0.1) is 0 Å². The molecule has 2 N–H and O–H groups in total. The van der Waals surface area contributed by atoms with E-state index in [9.17, 15) is 4.79 Å². The van der Waals surface area contributed by atoms with Crippen molar-refractivity contribution in [2.24, 2.45) is 5.41 Å². The summed E-state index contributed by atoms with van der Waals surface area (Å²) in [5.41, 5.74) is 2.53. The molecule has 1 aromatic rings. The Balaban J connectivity index is 2.23. The minimum atomic E-state index is -0.281. The van der Waals surface area contributed by atoms with E-state index < -0.39 is 0 Å². The normalized spacial score (nSPS) is 22.6. The van der Waals surface area contributed by atoms with Crippen LogP contribution in [0.25, 0.3) is 0 Å². The molecule has 0 saturated carbocycles. The van der Waals surface area contributed by atoms with Gasteiger partial charge in [-0.3, -0.25) is 9.48 Å². The van der Waals surface area contributed by atoms with Gasteiger partial charge in [0.2, 0.25) is 5.91 Å². The summed E-state index contributed by atoms with van der Waals surface area (Å²) in [5, 5.41) is 11.1. The number of amides is 1. The maximum absolute atomic E-state index is 12.8. The molecule has 1 aliphatic heterocycles. The van der Waals surface area contributed by atoms with E-state index in [4.69, 9.17) is 0 Å². The molecule has 0 aromatic carbocycles. The Morgan fingerprint density at radius 2 is 2.19 bits per heavy atom. The molecule has 1 aromatic heterocycles. The highest BCUT2D eigenvalue weighted by atomic mass is 16.2. The van der Waals surface area contributed by atoms with Crippen LogP contribution in [0.15, 0.2) is 0 Å². The van der Waals surface area contributed by atoms with Crippen molar-refractivity contribution < 1.29 is 4.79 Å². The van der Waals surface area contributed by atoms with Crippen LogP contribution in [0.2, 0.25) is 0 Å². The van der Waals surface area contributed by atoms with Gasteiger partial charge in [0.25, 0.3) is 0 Å². The highest BCUT2D eigenvalue weighted by Crippen LogP contribution is 2.33. The van der Waals surface area contributed by atoms with Crippen LogP contribution in [0, 0.1) is 19.3 Å². The first-order chi connectivity index (χ1) is 9.91. The monoisotopic (exact) mass is 292 g/mol. The van der Waals surface area contributed by atoms with Crippen molar-refractivity contribution in [3.8, 4) is 0 Å². The van der Waals surface area contributed by atoms with Gasteiger partial charge in [0, 0.05) is 12.6 Å². The molecule has 5 heteroatoms. The Morgan fingerprint density at radius 3 is 2.67 bits per heavy atom. The summed E-state index contributed by atoms with van der Waals surface area (Å²) in [5.74, 6) is 0.131. The summed E-state index contributed by atoms with van der Waals surface area (Å²) in [7, 11) is 0. The highest BCUT2D eigenvalue weighted by Gasteiger charge is 2.38. The zero-order valence-electron chi connectivity index (χ0n) is 13.9. The Labute approximate surface area is 127 Å². The van der Waals surface area contributed by atoms with Crippen LogP contribution < -0.4 is 10.6 Å². The smallest absolute Gasteiger partial charge is 0.231 e. The van der Waals surface area contributed by atoms with Gasteiger partial charge >= 0.3 is 0 Å². The second-order valence-corrected chi connectivity index (χ2v) is 6.45. The molecule has 2 heterocycles. The van der Waals surface area contributed by atoms with Gasteiger partial charge in [0.15, 0.2) is 0 Å². The summed E-state index contributed by atoms with van der Waals surface area (Å²) < 4.78 is 1.97. The quantitative estimate of drug-likeness (QED) is 0.897. The van der Waals surface area contributed by atoms with Crippen LogP contribution in [0.4, 0.5) is 5.69 Å². The molecule has 1 amide bonds. The van der Waals surface area contributed by atoms with Crippen molar-refractivity contribution >= 4 is 11.6 Å². The molecular formula is C16H28N4O. The summed E-state index contributed by atoms with van der Waals surface area (Å²) in [4.78, 5) is 12.8. The molecule has 2 rings (SSSR count). The van der Waals surface area contributed by atoms with Crippen molar-refractivity contribution in [1.82, 2.24) is 15.1 Å². The van der Waals surface area contributed by atoms with Gasteiger partial charge < -0.3 is 10.6 Å². The third-order valence-electron chi connectivity index (χ3n) is 4.68. The lowest BCUT2D eigenvalue weighted by Gasteiger charge is -2.35. The molecule has 5 nitrogen and oxygen atoms in total. The molecule has 0 aliphatic carbocycles. The SMILES string of the molecule is CCC1(C(=O)Nc2c(C)nn(C(C)C)c2C)CCCNC1. The van der Waals surface area contributed by atoms with E-state index in [0.29, 0.717) is 6.04 Å². The second kappa shape index (κ2) is 6.18. The molecule has 1 aliphatic rings. The standard InChI is InChI=1S/C16H28N4O/c1-6-16(8-7-9-17-10-16)15(21)18-14-12(4)19-20(11(2)3)13(14)5/h11,17H,6-10H2,1-5H3,(H,18,21). The van der Waals surface area contributed by atoms with Crippen molar-refractivity contribution in [3.05, 3.63) is 11.4 Å². The lowest BCUT2D eigenvalue weighted by molar-refractivity contribution is -0.126. The van der Waals surface area contributed by atoms with E-state index in [0.717, 1.165) is 49.4 Å². The third-order valence-corrected chi connectivity index (χ3v) is 4.68. The van der Waals surface area contributed by atoms with E-state index >= 15 is 0 Å². The molecule has 1 fully saturated rings. The van der Waals surface area contributed by atoms with Crippen LogP contribution >= 0.6 is 0 Å². The maximum Gasteiger partial charge on any atom is 0.231 e. The average molecular weight is 292 g/mol. The number of hydrogen-bond acceptors (Lipinski definition) is 3. The minimum Gasteiger partial charge on any atom is -0.322 e. The van der Waals surface area contributed by atoms with Crippen LogP contribution in [0.3, 0.4) is 0 Å². The predicted octanol–water partition coefficient (Wildman–Crippen LogP) is 2.80. The molecular weight excluding hydrogens is 264 g/mol. The lowest BCUT2D eigenvalue weighted by atomic mass is 9.77. The van der Waals surface area contributed by atoms with E-state index in [1.807, 2.05) is 18.5 Å². The fourth-order valence-corrected chi connectivity index (χ4v) is 3.22. The Morgan fingerprint density at radius 1 is 1.48 bits per heavy atom. The van der Waals surface area contributed by atoms with Gasteiger partial charge in [0.1, 0.15) is 0 Å². The number of piperidine rings is 1. The maximum atomic E-state index is 12.8. The summed E-state index contributed by atoms with van der Waals surface area (Å²) in [6, 6.07) is 0.297. The molecule has 118 valence electrons. The van der Waals surface area contributed by atoms with Gasteiger partial charge in [-0.1, -0.05) is 6.92 Å². The van der Waals surface area contributed by atoms with Crippen LogP contribution in [-0.2, 0) is 4.79 Å². The van der Waals surface area contributed by atoms with E-state index in [-0.39, 0.29) is 11.3 Å². The van der Waals surface area contributed by atoms with E-state index in [1.54, 1.807) is 0 Å². The van der Waals surface area contributed by atoms with Crippen LogP contribution in [0.1, 0.15) is 57.5 Å². The van der Waals surface area contributed by atoms with E-state index in [1.165, 1.54) is 0 Å². The third kappa shape index (κ3) is 2.98. The van der Waals surface area contributed by atoms with Crippen molar-refractivity contribution in [2.75, 3.05) is 18.4 Å². The average Bonchev–Trinajstić information content (AvgIpc) is 2.76. The molecule has 0 bridgehead atoms. The Kier molecular flexibility index (Phi) is 4.71. The first-order valence-electron chi connectivity index (χ1n) is 7.99. The zero-order valence-corrected chi connectivity index (χ0v) is 13.9. The van der Waals surface area contributed by atoms with Crippen molar-refractivity contribution in [1.29, 1.82) is 0 Å². The number of aryl methyl sites for hydroxylation is 1. The molecule has 1 unspecified atom stereocenters. The molecule has 21 heavy (non-hydrogen) atoms. The van der Waals surface area contributed by atoms with Gasteiger partial charge in [-0.2, -0.15) is 5.10 Å². The van der Waals surface area contributed by atoms with Crippen LogP contribution in [-0.4, -0.2) is 28.8 Å². The first kappa shape index (κ1) is 16.0. The van der Waals surface area contributed by atoms with Gasteiger partial charge in [-0.25, -0.2) is 0 Å². The van der Waals surface area contributed by atoms with Crippen molar-refractivity contribution in [3.63, 3.8) is 0 Å². The Bertz CT molecular complexity index is 513. The fraction of sp³-hybridized carbons (Fsp3) is 0.750. The largest absolute Gasteiger partial charge is 0.322 e. The molecule has 1 saturated heterocycles.